The highest BCUT2D eigenvalue weighted by Crippen LogP contribution is 2.32. The van der Waals surface area contributed by atoms with Crippen molar-refractivity contribution in [2.24, 2.45) is 11.8 Å². The highest BCUT2D eigenvalue weighted by Gasteiger charge is 2.36. The van der Waals surface area contributed by atoms with Gasteiger partial charge in [-0.1, -0.05) is 106 Å². The summed E-state index contributed by atoms with van der Waals surface area (Å²) in [6.45, 7) is 27.9. The highest BCUT2D eigenvalue weighted by atomic mass is 32.1. The summed E-state index contributed by atoms with van der Waals surface area (Å²) in [6, 6.07) is 25.5. The van der Waals surface area contributed by atoms with Crippen LogP contribution in [0.5, 0.6) is 0 Å². The Morgan fingerprint density at radius 3 is 1.56 bits per heavy atom. The molecule has 1 amide bonds. The van der Waals surface area contributed by atoms with E-state index in [-0.39, 0.29) is 51.8 Å². The third-order valence-electron chi connectivity index (χ3n) is 19.7. The maximum Gasteiger partial charge on any atom is 0.298 e. The molecule has 93 heavy (non-hydrogen) atoms. The fourth-order valence-corrected chi connectivity index (χ4v) is 14.2. The van der Waals surface area contributed by atoms with E-state index in [4.69, 9.17) is 4.42 Å². The highest BCUT2D eigenvalue weighted by molar-refractivity contribution is 7.17. The van der Waals surface area contributed by atoms with Crippen LogP contribution in [-0.4, -0.2) is 180 Å². The predicted octanol–water partition coefficient (Wildman–Crippen LogP) is 12.7. The average molecular weight is 1290 g/mol. The molecule has 3 fully saturated rings. The van der Waals surface area contributed by atoms with Gasteiger partial charge in [-0.25, -0.2) is 4.98 Å². The van der Waals surface area contributed by atoms with Crippen molar-refractivity contribution in [3.05, 3.63) is 131 Å². The lowest BCUT2D eigenvalue weighted by molar-refractivity contribution is 0.0903. The number of nitrogens with zero attached hydrogens (tertiary/aromatic N) is 11. The maximum atomic E-state index is 13.1. The molecule has 0 aliphatic carbocycles. The number of carbonyl (C=O) groups excluding carboxylic acids is 3. The molecule has 6 aromatic heterocycles. The van der Waals surface area contributed by atoms with E-state index in [1.165, 1.54) is 44.2 Å². The molecule has 0 radical (unpaired) electrons. The minimum Gasteiger partial charge on any atom is -0.418 e. The number of likely N-dealkylation sites (N-methyl/N-ethyl adjacent to an activating group) is 3. The summed E-state index contributed by atoms with van der Waals surface area (Å²) in [5.74, 6) is 1.84. The molecule has 3 aliphatic rings. The molecule has 0 saturated carbocycles. The first-order valence-corrected chi connectivity index (χ1v) is 34.6. The number of piperazine rings is 3. The Bertz CT molecular complexity index is 3510. The lowest BCUT2D eigenvalue weighted by Crippen LogP contribution is -2.58. The topological polar surface area (TPSA) is 223 Å². The molecule has 5 N–H and O–H groups in total. The van der Waals surface area contributed by atoms with Gasteiger partial charge in [-0.05, 0) is 148 Å². The molecule has 3 atom stereocenters. The lowest BCUT2D eigenvalue weighted by Gasteiger charge is -2.45. The number of rotatable bonds is 23. The average Bonchev–Trinajstić information content (AvgIpc) is 1.88. The fraction of sp³-hybridized carbons (Fsp3) is 0.528. The Balaban J connectivity index is 0.000000153. The van der Waals surface area contributed by atoms with Gasteiger partial charge in [0, 0.05) is 146 Å². The zero-order chi connectivity index (χ0) is 66.0. The summed E-state index contributed by atoms with van der Waals surface area (Å²) in [7, 11) is 6.44. The SMILES string of the molecule is CCCC(CC(=O)c1nc(N2CCN(C)C(C)(C)C2)n[nH]1)Cc1c[nH]c2ccccc12.CCCC(CC(=O)c1nnc(N2CCN(C)C(C)(C)C2)s1)Cc1c[nH]c2ccccc12.CCCC(Cc1c[nH]c2ccccc12)NC(=O)c1cnc(N2CCN(C)C(C)(C)C2)o1. The number of carbonyl (C=O) groups is 3. The zero-order valence-electron chi connectivity index (χ0n) is 57.1. The van der Waals surface area contributed by atoms with Crippen LogP contribution >= 0.6 is 11.3 Å². The molecule has 9 aromatic rings. The molecule has 3 aliphatic heterocycles. The first kappa shape index (κ1) is 68.1. The summed E-state index contributed by atoms with van der Waals surface area (Å²) in [5, 5.41) is 24.2. The Morgan fingerprint density at radius 2 is 1.04 bits per heavy atom. The van der Waals surface area contributed by atoms with Crippen molar-refractivity contribution >= 4 is 78.6 Å². The minimum atomic E-state index is -0.203. The standard InChI is InChI=1S/C24H34N6O.C24H33N5O2.C24H33N5OS/c1-5-8-17(13-18-15-25-20-10-7-6-9-19(18)20)14-21(31)22-26-23(28-27-22)30-12-11-29(4)24(2,3)16-30;1-5-8-18(13-17-14-25-20-10-7-6-9-19(17)20)27-22(30)21-15-26-23(31-21)29-12-11-28(4)24(2,3)16-29;1-5-8-17(13-18-15-25-20-10-7-6-9-19(18)20)14-21(30)22-26-27-23(31-22)29-12-11-28(4)24(2,3)16-29/h6-7,9-10,15,17,25H,5,8,11-14,16H2,1-4H3,(H,26,27,28);6-7,9-10,14-15,18,25H,5,8,11-13,16H2,1-4H3,(H,27,30);6-7,9-10,15,17,25H,5,8,11-14,16H2,1-4H3. The van der Waals surface area contributed by atoms with E-state index < -0.39 is 0 Å². The van der Waals surface area contributed by atoms with Crippen LogP contribution in [-0.2, 0) is 19.3 Å². The molecule has 3 aromatic carbocycles. The number of fused-ring (bicyclic) bond motifs is 3. The molecule has 9 heterocycles. The van der Waals surface area contributed by atoms with Gasteiger partial charge in [-0.2, -0.15) is 4.98 Å². The number of benzene rings is 3. The van der Waals surface area contributed by atoms with Crippen molar-refractivity contribution in [1.29, 1.82) is 0 Å². The van der Waals surface area contributed by atoms with E-state index in [9.17, 15) is 14.4 Å². The normalized spacial score (nSPS) is 17.8. The Kier molecular flexibility index (Phi) is 22.1. The van der Waals surface area contributed by atoms with Crippen LogP contribution in [0.1, 0.15) is 161 Å². The van der Waals surface area contributed by atoms with Crippen molar-refractivity contribution in [3.8, 4) is 0 Å². The first-order chi connectivity index (χ1) is 44.6. The molecule has 0 bridgehead atoms. The Hall–Kier alpha value is -7.72. The van der Waals surface area contributed by atoms with Crippen LogP contribution < -0.4 is 20.0 Å². The zero-order valence-corrected chi connectivity index (χ0v) is 57.9. The van der Waals surface area contributed by atoms with E-state index >= 15 is 0 Å². The van der Waals surface area contributed by atoms with Gasteiger partial charge in [0.2, 0.25) is 16.8 Å². The number of ketones is 2. The summed E-state index contributed by atoms with van der Waals surface area (Å²) < 4.78 is 5.88. The molecular formula is C72H100N16O4S. The molecule has 21 heteroatoms. The number of aromatic nitrogens is 9. The molecule has 0 spiro atoms. The number of para-hydroxylation sites is 3. The van der Waals surface area contributed by atoms with Gasteiger partial charge in [0.25, 0.3) is 11.9 Å². The molecule has 20 nitrogen and oxygen atoms in total. The predicted molar refractivity (Wildman–Crippen MR) is 376 cm³/mol. The number of nitrogens with one attached hydrogen (secondary N) is 5. The fourth-order valence-electron chi connectivity index (χ4n) is 13.4. The van der Waals surface area contributed by atoms with Crippen molar-refractivity contribution in [2.75, 3.05) is 94.7 Å². The summed E-state index contributed by atoms with van der Waals surface area (Å²) in [6.07, 6.45) is 17.4. The molecule has 3 unspecified atom stereocenters. The quantitative estimate of drug-likeness (QED) is 0.0376. The van der Waals surface area contributed by atoms with E-state index in [0.717, 1.165) is 138 Å². The lowest BCUT2D eigenvalue weighted by atomic mass is 9.90. The number of aromatic amines is 4. The number of anilines is 3. The first-order valence-electron chi connectivity index (χ1n) is 33.7. The number of hydrogen-bond acceptors (Lipinski definition) is 16. The second-order valence-electron chi connectivity index (χ2n) is 28.1. The minimum absolute atomic E-state index is 0.0285. The van der Waals surface area contributed by atoms with Crippen molar-refractivity contribution < 1.29 is 18.8 Å². The van der Waals surface area contributed by atoms with Gasteiger partial charge < -0.3 is 39.4 Å². The number of oxazole rings is 1. The number of H-pyrrole nitrogens is 4. The Labute approximate surface area is 553 Å². The van der Waals surface area contributed by atoms with Gasteiger partial charge in [0.1, 0.15) is 0 Å². The Morgan fingerprint density at radius 1 is 0.581 bits per heavy atom. The van der Waals surface area contributed by atoms with Gasteiger partial charge in [-0.3, -0.25) is 34.2 Å². The van der Waals surface area contributed by atoms with Crippen LogP contribution in [0.25, 0.3) is 32.7 Å². The van der Waals surface area contributed by atoms with Crippen molar-refractivity contribution in [1.82, 2.24) is 65.3 Å². The van der Waals surface area contributed by atoms with E-state index in [2.05, 4.69) is 224 Å². The van der Waals surface area contributed by atoms with Gasteiger partial charge in [0.05, 0.1) is 6.20 Å². The second kappa shape index (κ2) is 30.1. The number of amides is 1. The molecule has 3 saturated heterocycles. The smallest absolute Gasteiger partial charge is 0.298 e. The number of hydrogen-bond donors (Lipinski definition) is 5. The summed E-state index contributed by atoms with van der Waals surface area (Å²) in [4.78, 5) is 71.6. The van der Waals surface area contributed by atoms with E-state index in [1.54, 1.807) is 6.20 Å². The van der Waals surface area contributed by atoms with Crippen molar-refractivity contribution in [2.45, 2.75) is 156 Å². The van der Waals surface area contributed by atoms with E-state index in [0.29, 0.717) is 41.6 Å². The van der Waals surface area contributed by atoms with Gasteiger partial charge in [0.15, 0.2) is 22.4 Å². The third kappa shape index (κ3) is 16.8. The molecule has 498 valence electrons. The van der Waals surface area contributed by atoms with Crippen LogP contribution in [0.3, 0.4) is 0 Å². The van der Waals surface area contributed by atoms with Crippen LogP contribution in [0.15, 0.2) is 102 Å². The monoisotopic (exact) mass is 1280 g/mol. The third-order valence-corrected chi connectivity index (χ3v) is 20.7. The number of Topliss-reactive ketones (excluding diaryl/α,β-unsaturated/α-hetero) is 2. The van der Waals surface area contributed by atoms with Crippen LogP contribution in [0.4, 0.5) is 17.1 Å². The van der Waals surface area contributed by atoms with Crippen LogP contribution in [0.2, 0.25) is 0 Å². The summed E-state index contributed by atoms with van der Waals surface area (Å²) in [5.41, 5.74) is 7.37. The summed E-state index contributed by atoms with van der Waals surface area (Å²) >= 11 is 1.45. The second-order valence-corrected chi connectivity index (χ2v) is 29.0. The largest absolute Gasteiger partial charge is 0.418 e. The van der Waals surface area contributed by atoms with Crippen molar-refractivity contribution in [3.63, 3.8) is 0 Å². The molecular weight excluding hydrogens is 1180 g/mol. The van der Waals surface area contributed by atoms with Crippen LogP contribution in [0, 0.1) is 11.8 Å². The van der Waals surface area contributed by atoms with Gasteiger partial charge >= 0.3 is 0 Å². The maximum absolute atomic E-state index is 13.1. The van der Waals surface area contributed by atoms with Gasteiger partial charge in [-0.15, -0.1) is 15.3 Å². The molecule has 12 rings (SSSR count). The van der Waals surface area contributed by atoms with E-state index in [1.807, 2.05) is 30.5 Å².